The molecule has 0 bridgehead atoms. The second kappa shape index (κ2) is 5.38. The number of nitrogens with zero attached hydrogens (tertiary/aromatic N) is 2. The molecule has 7 nitrogen and oxygen atoms in total. The molecule has 100 valence electrons. The zero-order valence-electron chi connectivity index (χ0n) is 10.3. The Morgan fingerprint density at radius 2 is 2.00 bits per heavy atom. The van der Waals surface area contributed by atoms with Gasteiger partial charge in [0.2, 0.25) is 5.89 Å². The van der Waals surface area contributed by atoms with Crippen LogP contribution in [0.5, 0.6) is 11.5 Å². The summed E-state index contributed by atoms with van der Waals surface area (Å²) in [4.78, 5) is 15.7. The minimum atomic E-state index is -0.401. The van der Waals surface area contributed by atoms with E-state index >= 15 is 0 Å². The molecule has 1 aromatic carbocycles. The third-order valence-electron chi connectivity index (χ3n) is 2.36. The van der Waals surface area contributed by atoms with Gasteiger partial charge >= 0.3 is 0 Å². The first-order chi connectivity index (χ1) is 9.04. The molecule has 2 rings (SSSR count). The number of phenolic OH excluding ortho intramolecular Hbond substituents is 2. The first-order valence-electron chi connectivity index (χ1n) is 5.65. The Bertz CT molecular complexity index is 574. The van der Waals surface area contributed by atoms with Crippen molar-refractivity contribution in [2.75, 3.05) is 6.54 Å². The van der Waals surface area contributed by atoms with Gasteiger partial charge in [0.15, 0.2) is 5.82 Å². The van der Waals surface area contributed by atoms with Gasteiger partial charge in [-0.05, 0) is 19.1 Å². The molecule has 2 aromatic rings. The average Bonchev–Trinajstić information content (AvgIpc) is 2.73. The molecule has 0 atom stereocenters. The summed E-state index contributed by atoms with van der Waals surface area (Å²) in [6, 6.07) is 3.69. The lowest BCUT2D eigenvalue weighted by atomic mass is 10.2. The van der Waals surface area contributed by atoms with Crippen LogP contribution in [0.4, 0.5) is 0 Å². The van der Waals surface area contributed by atoms with Gasteiger partial charge < -0.3 is 20.1 Å². The van der Waals surface area contributed by atoms with Gasteiger partial charge in [-0.1, -0.05) is 5.16 Å². The van der Waals surface area contributed by atoms with Crippen LogP contribution in [0.15, 0.2) is 22.7 Å². The van der Waals surface area contributed by atoms with Crippen molar-refractivity contribution in [3.05, 3.63) is 35.5 Å². The molecular weight excluding hydrogens is 250 g/mol. The van der Waals surface area contributed by atoms with Gasteiger partial charge in [0.25, 0.3) is 5.91 Å². The van der Waals surface area contributed by atoms with Gasteiger partial charge in [-0.3, -0.25) is 4.79 Å². The topological polar surface area (TPSA) is 108 Å². The Labute approximate surface area is 108 Å². The highest BCUT2D eigenvalue weighted by molar-refractivity contribution is 5.95. The molecule has 1 heterocycles. The third kappa shape index (κ3) is 3.44. The van der Waals surface area contributed by atoms with Gasteiger partial charge in [0.05, 0.1) is 0 Å². The largest absolute Gasteiger partial charge is 0.508 e. The molecule has 7 heteroatoms. The molecule has 0 spiro atoms. The molecule has 0 aliphatic heterocycles. The van der Waals surface area contributed by atoms with Crippen molar-refractivity contribution in [2.24, 2.45) is 0 Å². The second-order valence-electron chi connectivity index (χ2n) is 3.98. The molecule has 0 unspecified atom stereocenters. The Kier molecular flexibility index (Phi) is 3.65. The third-order valence-corrected chi connectivity index (χ3v) is 2.36. The number of aromatic hydroxyl groups is 2. The predicted molar refractivity (Wildman–Crippen MR) is 64.8 cm³/mol. The standard InChI is InChI=1S/C12H13N3O4/c1-7-14-11(19-15-7)2-3-13-12(18)8-4-9(16)6-10(17)5-8/h4-6,16-17H,2-3H2,1H3,(H,13,18). The number of rotatable bonds is 4. The van der Waals surface area contributed by atoms with E-state index in [2.05, 4.69) is 15.5 Å². The summed E-state index contributed by atoms with van der Waals surface area (Å²) in [5.41, 5.74) is 0.180. The van der Waals surface area contributed by atoms with Crippen LogP contribution in [0.25, 0.3) is 0 Å². The van der Waals surface area contributed by atoms with E-state index in [4.69, 9.17) is 4.52 Å². The Morgan fingerprint density at radius 3 is 2.58 bits per heavy atom. The summed E-state index contributed by atoms with van der Waals surface area (Å²) in [6.45, 7) is 2.03. The lowest BCUT2D eigenvalue weighted by molar-refractivity contribution is 0.0952. The highest BCUT2D eigenvalue weighted by Crippen LogP contribution is 2.20. The predicted octanol–water partition coefficient (Wildman–Crippen LogP) is 0.762. The molecule has 1 amide bonds. The number of hydrogen-bond acceptors (Lipinski definition) is 6. The highest BCUT2D eigenvalue weighted by Gasteiger charge is 2.09. The van der Waals surface area contributed by atoms with Gasteiger partial charge in [-0.15, -0.1) is 0 Å². The fourth-order valence-electron chi connectivity index (χ4n) is 1.55. The zero-order chi connectivity index (χ0) is 13.8. The smallest absolute Gasteiger partial charge is 0.251 e. The van der Waals surface area contributed by atoms with E-state index in [0.29, 0.717) is 24.7 Å². The second-order valence-corrected chi connectivity index (χ2v) is 3.98. The van der Waals surface area contributed by atoms with E-state index in [1.807, 2.05) is 0 Å². The maximum atomic E-state index is 11.7. The average molecular weight is 263 g/mol. The minimum absolute atomic E-state index is 0.169. The number of hydrogen-bond donors (Lipinski definition) is 3. The zero-order valence-corrected chi connectivity index (χ0v) is 10.3. The maximum Gasteiger partial charge on any atom is 0.251 e. The summed E-state index contributed by atoms with van der Waals surface area (Å²) in [7, 11) is 0. The lowest BCUT2D eigenvalue weighted by Crippen LogP contribution is -2.25. The molecule has 0 saturated heterocycles. The highest BCUT2D eigenvalue weighted by atomic mass is 16.5. The monoisotopic (exact) mass is 263 g/mol. The first-order valence-corrected chi connectivity index (χ1v) is 5.65. The van der Waals surface area contributed by atoms with Crippen LogP contribution in [0, 0.1) is 6.92 Å². The van der Waals surface area contributed by atoms with Crippen LogP contribution in [0.3, 0.4) is 0 Å². The fraction of sp³-hybridized carbons (Fsp3) is 0.250. The molecule has 0 radical (unpaired) electrons. The number of nitrogens with one attached hydrogen (secondary N) is 1. The van der Waals surface area contributed by atoms with E-state index in [9.17, 15) is 15.0 Å². The van der Waals surface area contributed by atoms with Gasteiger partial charge in [0, 0.05) is 24.6 Å². The minimum Gasteiger partial charge on any atom is -0.508 e. The fourth-order valence-corrected chi connectivity index (χ4v) is 1.55. The van der Waals surface area contributed by atoms with Gasteiger partial charge in [0.1, 0.15) is 11.5 Å². The number of benzene rings is 1. The van der Waals surface area contributed by atoms with E-state index < -0.39 is 5.91 Å². The molecule has 0 aliphatic rings. The van der Waals surface area contributed by atoms with E-state index in [-0.39, 0.29) is 17.1 Å². The first kappa shape index (κ1) is 12.9. The number of carbonyl (C=O) groups is 1. The van der Waals surface area contributed by atoms with Crippen molar-refractivity contribution in [2.45, 2.75) is 13.3 Å². The van der Waals surface area contributed by atoms with Crippen molar-refractivity contribution in [1.82, 2.24) is 15.5 Å². The maximum absolute atomic E-state index is 11.7. The summed E-state index contributed by atoms with van der Waals surface area (Å²) in [5.74, 6) is 0.244. The number of carbonyl (C=O) groups excluding carboxylic acids is 1. The number of phenols is 2. The van der Waals surface area contributed by atoms with E-state index in [1.54, 1.807) is 6.92 Å². The summed E-state index contributed by atoms with van der Waals surface area (Å²) >= 11 is 0. The molecular formula is C12H13N3O4. The van der Waals surface area contributed by atoms with Crippen LogP contribution in [0.1, 0.15) is 22.1 Å². The lowest BCUT2D eigenvalue weighted by Gasteiger charge is -2.04. The van der Waals surface area contributed by atoms with Crippen molar-refractivity contribution in [1.29, 1.82) is 0 Å². The molecule has 0 aliphatic carbocycles. The van der Waals surface area contributed by atoms with E-state index in [1.165, 1.54) is 12.1 Å². The van der Waals surface area contributed by atoms with Crippen molar-refractivity contribution < 1.29 is 19.5 Å². The number of aryl methyl sites for hydroxylation is 1. The van der Waals surface area contributed by atoms with E-state index in [0.717, 1.165) is 6.07 Å². The van der Waals surface area contributed by atoms with Gasteiger partial charge in [-0.25, -0.2) is 0 Å². The molecule has 3 N–H and O–H groups in total. The van der Waals surface area contributed by atoms with Crippen LogP contribution < -0.4 is 5.32 Å². The van der Waals surface area contributed by atoms with Crippen LogP contribution in [0.2, 0.25) is 0 Å². The van der Waals surface area contributed by atoms with Crippen molar-refractivity contribution in [3.8, 4) is 11.5 Å². The Hall–Kier alpha value is -2.57. The SMILES string of the molecule is Cc1noc(CCNC(=O)c2cc(O)cc(O)c2)n1. The van der Waals surface area contributed by atoms with Crippen LogP contribution in [-0.4, -0.2) is 32.8 Å². The Morgan fingerprint density at radius 1 is 1.32 bits per heavy atom. The van der Waals surface area contributed by atoms with Crippen LogP contribution in [-0.2, 0) is 6.42 Å². The quantitative estimate of drug-likeness (QED) is 0.751. The number of aromatic nitrogens is 2. The summed E-state index contributed by atoms with van der Waals surface area (Å²) in [6.07, 6.45) is 0.414. The summed E-state index contributed by atoms with van der Waals surface area (Å²) in [5, 5.41) is 24.8. The molecule has 19 heavy (non-hydrogen) atoms. The molecule has 0 saturated carbocycles. The Balaban J connectivity index is 1.90. The molecule has 0 fully saturated rings. The number of amides is 1. The summed E-state index contributed by atoms with van der Waals surface area (Å²) < 4.78 is 4.90. The van der Waals surface area contributed by atoms with Crippen LogP contribution >= 0.6 is 0 Å². The van der Waals surface area contributed by atoms with Gasteiger partial charge in [-0.2, -0.15) is 4.98 Å². The van der Waals surface area contributed by atoms with Crippen molar-refractivity contribution in [3.63, 3.8) is 0 Å². The molecule has 1 aromatic heterocycles. The van der Waals surface area contributed by atoms with Crippen molar-refractivity contribution >= 4 is 5.91 Å². The normalized spacial score (nSPS) is 10.4.